The first-order chi connectivity index (χ1) is 8.08. The van der Waals surface area contributed by atoms with Gasteiger partial charge in [0, 0.05) is 18.0 Å². The fourth-order valence-corrected chi connectivity index (χ4v) is 1.27. The number of carbonyl (C=O) groups is 1. The summed E-state index contributed by atoms with van der Waals surface area (Å²) < 4.78 is 5.34. The van der Waals surface area contributed by atoms with Crippen molar-refractivity contribution in [1.29, 1.82) is 0 Å². The van der Waals surface area contributed by atoms with Crippen LogP contribution in [0.4, 0.5) is 11.4 Å². The van der Waals surface area contributed by atoms with Crippen molar-refractivity contribution in [3.05, 3.63) is 24.3 Å². The Morgan fingerprint density at radius 1 is 1.35 bits per heavy atom. The maximum Gasteiger partial charge on any atom is 0.226 e. The van der Waals surface area contributed by atoms with Gasteiger partial charge in [0.1, 0.15) is 0 Å². The second kappa shape index (κ2) is 6.91. The first-order valence-corrected chi connectivity index (χ1v) is 5.81. The molecule has 1 rings (SSSR count). The van der Waals surface area contributed by atoms with Crippen LogP contribution in [0.3, 0.4) is 0 Å². The van der Waals surface area contributed by atoms with E-state index in [1.807, 2.05) is 0 Å². The lowest BCUT2D eigenvalue weighted by atomic mass is 10.2. The number of rotatable bonds is 6. The molecule has 94 valence electrons. The molecule has 1 amide bonds. The third-order valence-corrected chi connectivity index (χ3v) is 2.12. The van der Waals surface area contributed by atoms with Crippen LogP contribution in [0.1, 0.15) is 20.3 Å². The topological polar surface area (TPSA) is 64.3 Å². The Kier molecular flexibility index (Phi) is 5.49. The number of ether oxygens (including phenoxy) is 1. The van der Waals surface area contributed by atoms with Crippen LogP contribution >= 0.6 is 0 Å². The third kappa shape index (κ3) is 5.92. The zero-order chi connectivity index (χ0) is 12.7. The molecule has 0 bridgehead atoms. The standard InChI is InChI=1S/C13H20N2O2/c1-10(2)9-17-8-7-13(16)15-12-5-3-11(14)4-6-12/h3-6,10H,7-9,14H2,1-2H3,(H,15,16). The number of hydrogen-bond donors (Lipinski definition) is 2. The molecule has 0 spiro atoms. The van der Waals surface area contributed by atoms with E-state index < -0.39 is 0 Å². The van der Waals surface area contributed by atoms with Crippen molar-refractivity contribution < 1.29 is 9.53 Å². The highest BCUT2D eigenvalue weighted by atomic mass is 16.5. The molecule has 0 saturated heterocycles. The maximum atomic E-state index is 11.5. The van der Waals surface area contributed by atoms with E-state index in [2.05, 4.69) is 19.2 Å². The highest BCUT2D eigenvalue weighted by Crippen LogP contribution is 2.10. The second-order valence-electron chi connectivity index (χ2n) is 4.39. The molecule has 0 aliphatic heterocycles. The van der Waals surface area contributed by atoms with E-state index in [1.165, 1.54) is 0 Å². The zero-order valence-electron chi connectivity index (χ0n) is 10.4. The van der Waals surface area contributed by atoms with Crippen molar-refractivity contribution in [3.63, 3.8) is 0 Å². The molecule has 4 nitrogen and oxygen atoms in total. The Labute approximate surface area is 102 Å². The average Bonchev–Trinajstić information content (AvgIpc) is 2.27. The van der Waals surface area contributed by atoms with E-state index in [9.17, 15) is 4.79 Å². The summed E-state index contributed by atoms with van der Waals surface area (Å²) >= 11 is 0. The molecule has 0 aromatic heterocycles. The van der Waals surface area contributed by atoms with E-state index in [0.717, 1.165) is 5.69 Å². The predicted octanol–water partition coefficient (Wildman–Crippen LogP) is 2.27. The molecule has 1 aromatic rings. The molecule has 3 N–H and O–H groups in total. The Bertz CT molecular complexity index is 347. The van der Waals surface area contributed by atoms with Crippen LogP contribution in [0.15, 0.2) is 24.3 Å². The summed E-state index contributed by atoms with van der Waals surface area (Å²) in [5.74, 6) is 0.452. The van der Waals surface area contributed by atoms with Gasteiger partial charge in [0.2, 0.25) is 5.91 Å². The lowest BCUT2D eigenvalue weighted by Gasteiger charge is -2.07. The fraction of sp³-hybridized carbons (Fsp3) is 0.462. The van der Waals surface area contributed by atoms with Crippen molar-refractivity contribution in [3.8, 4) is 0 Å². The van der Waals surface area contributed by atoms with Gasteiger partial charge in [-0.05, 0) is 30.2 Å². The number of carbonyl (C=O) groups excluding carboxylic acids is 1. The average molecular weight is 236 g/mol. The molecule has 1 aromatic carbocycles. The minimum absolute atomic E-state index is 0.0430. The molecule has 4 heteroatoms. The fourth-order valence-electron chi connectivity index (χ4n) is 1.27. The highest BCUT2D eigenvalue weighted by Gasteiger charge is 2.02. The van der Waals surface area contributed by atoms with Gasteiger partial charge in [-0.15, -0.1) is 0 Å². The Morgan fingerprint density at radius 3 is 2.59 bits per heavy atom. The summed E-state index contributed by atoms with van der Waals surface area (Å²) in [6, 6.07) is 7.07. The Hall–Kier alpha value is -1.55. The van der Waals surface area contributed by atoms with Crippen LogP contribution < -0.4 is 11.1 Å². The quantitative estimate of drug-likeness (QED) is 0.588. The molecular formula is C13H20N2O2. The summed E-state index contributed by atoms with van der Waals surface area (Å²) in [4.78, 5) is 11.5. The molecule has 0 aliphatic carbocycles. The molecular weight excluding hydrogens is 216 g/mol. The minimum Gasteiger partial charge on any atom is -0.399 e. The number of nitrogen functional groups attached to an aromatic ring is 1. The third-order valence-electron chi connectivity index (χ3n) is 2.12. The maximum absolute atomic E-state index is 11.5. The number of nitrogens with two attached hydrogens (primary N) is 1. The lowest BCUT2D eigenvalue weighted by Crippen LogP contribution is -2.15. The van der Waals surface area contributed by atoms with Crippen molar-refractivity contribution >= 4 is 17.3 Å². The van der Waals surface area contributed by atoms with Gasteiger partial charge in [0.15, 0.2) is 0 Å². The Balaban J connectivity index is 2.23. The number of anilines is 2. The van der Waals surface area contributed by atoms with Gasteiger partial charge >= 0.3 is 0 Å². The van der Waals surface area contributed by atoms with E-state index in [0.29, 0.717) is 31.2 Å². The van der Waals surface area contributed by atoms with Gasteiger partial charge in [-0.25, -0.2) is 0 Å². The second-order valence-corrected chi connectivity index (χ2v) is 4.39. The van der Waals surface area contributed by atoms with Crippen molar-refractivity contribution in [2.75, 3.05) is 24.3 Å². The van der Waals surface area contributed by atoms with E-state index >= 15 is 0 Å². The summed E-state index contributed by atoms with van der Waals surface area (Å²) in [5, 5.41) is 2.78. The van der Waals surface area contributed by atoms with E-state index in [-0.39, 0.29) is 5.91 Å². The number of hydrogen-bond acceptors (Lipinski definition) is 3. The predicted molar refractivity (Wildman–Crippen MR) is 69.8 cm³/mol. The molecule has 0 aliphatic rings. The summed E-state index contributed by atoms with van der Waals surface area (Å²) in [5.41, 5.74) is 6.99. The number of benzene rings is 1. The summed E-state index contributed by atoms with van der Waals surface area (Å²) in [6.45, 7) is 5.30. The largest absolute Gasteiger partial charge is 0.399 e. The van der Waals surface area contributed by atoms with Gasteiger partial charge in [0.05, 0.1) is 13.0 Å². The molecule has 0 unspecified atom stereocenters. The highest BCUT2D eigenvalue weighted by molar-refractivity contribution is 5.90. The normalized spacial score (nSPS) is 10.5. The molecule has 0 heterocycles. The molecule has 0 atom stereocenters. The lowest BCUT2D eigenvalue weighted by molar-refractivity contribution is -0.117. The van der Waals surface area contributed by atoms with E-state index in [1.54, 1.807) is 24.3 Å². The molecule has 0 radical (unpaired) electrons. The van der Waals surface area contributed by atoms with Gasteiger partial charge in [0.25, 0.3) is 0 Å². The smallest absolute Gasteiger partial charge is 0.226 e. The molecule has 0 saturated carbocycles. The van der Waals surface area contributed by atoms with E-state index in [4.69, 9.17) is 10.5 Å². The first-order valence-electron chi connectivity index (χ1n) is 5.81. The number of nitrogens with one attached hydrogen (secondary N) is 1. The van der Waals surface area contributed by atoms with Gasteiger partial charge < -0.3 is 15.8 Å². The van der Waals surface area contributed by atoms with Gasteiger partial charge in [-0.3, -0.25) is 4.79 Å². The summed E-state index contributed by atoms with van der Waals surface area (Å²) in [6.07, 6.45) is 0.372. The van der Waals surface area contributed by atoms with Crippen molar-refractivity contribution in [2.45, 2.75) is 20.3 Å². The summed E-state index contributed by atoms with van der Waals surface area (Å²) in [7, 11) is 0. The van der Waals surface area contributed by atoms with Crippen LogP contribution in [0.2, 0.25) is 0 Å². The molecule has 0 fully saturated rings. The van der Waals surface area contributed by atoms with Crippen LogP contribution in [-0.2, 0) is 9.53 Å². The zero-order valence-corrected chi connectivity index (χ0v) is 10.4. The monoisotopic (exact) mass is 236 g/mol. The first kappa shape index (κ1) is 13.5. The van der Waals surface area contributed by atoms with Crippen LogP contribution in [0, 0.1) is 5.92 Å². The SMILES string of the molecule is CC(C)COCCC(=O)Nc1ccc(N)cc1. The molecule has 17 heavy (non-hydrogen) atoms. The van der Waals surface area contributed by atoms with Crippen LogP contribution in [0.5, 0.6) is 0 Å². The number of amides is 1. The van der Waals surface area contributed by atoms with Crippen molar-refractivity contribution in [1.82, 2.24) is 0 Å². The minimum atomic E-state index is -0.0430. The van der Waals surface area contributed by atoms with Gasteiger partial charge in [-0.2, -0.15) is 0 Å². The van der Waals surface area contributed by atoms with Crippen LogP contribution in [0.25, 0.3) is 0 Å². The van der Waals surface area contributed by atoms with Gasteiger partial charge in [-0.1, -0.05) is 13.8 Å². The Morgan fingerprint density at radius 2 is 2.00 bits per heavy atom. The van der Waals surface area contributed by atoms with Crippen LogP contribution in [-0.4, -0.2) is 19.1 Å². The van der Waals surface area contributed by atoms with Crippen molar-refractivity contribution in [2.24, 2.45) is 5.92 Å².